The summed E-state index contributed by atoms with van der Waals surface area (Å²) in [4.78, 5) is 0.823. The van der Waals surface area contributed by atoms with Gasteiger partial charge in [-0.1, -0.05) is 24.3 Å². The lowest BCUT2D eigenvalue weighted by Crippen LogP contribution is -1.97. The zero-order chi connectivity index (χ0) is 12.3. The molecule has 0 aliphatic rings. The highest BCUT2D eigenvalue weighted by Gasteiger charge is 2.08. The topological polar surface area (TPSA) is 43.1 Å². The Morgan fingerprint density at radius 3 is 2.35 bits per heavy atom. The van der Waals surface area contributed by atoms with Gasteiger partial charge in [0.25, 0.3) is 0 Å². The molecular weight excluding hydrogens is 298 g/mol. The van der Waals surface area contributed by atoms with Crippen molar-refractivity contribution in [3.05, 3.63) is 58.6 Å². The van der Waals surface area contributed by atoms with Crippen molar-refractivity contribution in [1.82, 2.24) is 0 Å². The number of nitrogen functional groups attached to an aromatic ring is 1. The largest absolute Gasteiger partial charge is 0.399 e. The molecule has 4 heteroatoms. The maximum atomic E-state index is 12.2. The molecule has 1 atom stereocenters. The summed E-state index contributed by atoms with van der Waals surface area (Å²) in [7, 11) is -1.04. The minimum atomic E-state index is -1.04. The van der Waals surface area contributed by atoms with Crippen LogP contribution in [0.15, 0.2) is 57.9 Å². The summed E-state index contributed by atoms with van der Waals surface area (Å²) in [6.45, 7) is 0. The molecule has 0 bridgehead atoms. The van der Waals surface area contributed by atoms with E-state index in [2.05, 4.69) is 15.9 Å². The van der Waals surface area contributed by atoms with Gasteiger partial charge in [-0.25, -0.2) is 0 Å². The predicted octanol–water partition coefficient (Wildman–Crippen LogP) is 3.34. The fourth-order valence-corrected chi connectivity index (χ4v) is 3.47. The standard InChI is InChI=1S/C13H12BrNOS/c14-12-3-1-2-4-13(12)17(16)9-10-5-7-11(15)8-6-10/h1-8H,9,15H2. The quantitative estimate of drug-likeness (QED) is 0.884. The maximum Gasteiger partial charge on any atom is 0.0585 e. The highest BCUT2D eigenvalue weighted by Crippen LogP contribution is 2.22. The lowest BCUT2D eigenvalue weighted by molar-refractivity contribution is 0.682. The van der Waals surface area contributed by atoms with Crippen LogP contribution in [-0.4, -0.2) is 4.21 Å². The first-order valence-electron chi connectivity index (χ1n) is 5.14. The van der Waals surface area contributed by atoms with Crippen molar-refractivity contribution in [2.24, 2.45) is 0 Å². The SMILES string of the molecule is Nc1ccc(CS(=O)c2ccccc2Br)cc1. The minimum Gasteiger partial charge on any atom is -0.399 e. The van der Waals surface area contributed by atoms with Crippen LogP contribution in [0.4, 0.5) is 5.69 Å². The highest BCUT2D eigenvalue weighted by molar-refractivity contribution is 9.10. The Morgan fingerprint density at radius 1 is 1.06 bits per heavy atom. The average molecular weight is 310 g/mol. The molecule has 0 fully saturated rings. The lowest BCUT2D eigenvalue weighted by atomic mass is 10.2. The summed E-state index contributed by atoms with van der Waals surface area (Å²) in [5.74, 6) is 0.503. The zero-order valence-electron chi connectivity index (χ0n) is 9.10. The van der Waals surface area contributed by atoms with Gasteiger partial charge in [-0.15, -0.1) is 0 Å². The number of hydrogen-bond acceptors (Lipinski definition) is 2. The van der Waals surface area contributed by atoms with E-state index in [1.807, 2.05) is 48.5 Å². The van der Waals surface area contributed by atoms with E-state index >= 15 is 0 Å². The smallest absolute Gasteiger partial charge is 0.0585 e. The van der Waals surface area contributed by atoms with Crippen LogP contribution in [0.3, 0.4) is 0 Å². The van der Waals surface area contributed by atoms with E-state index in [0.717, 1.165) is 20.6 Å². The minimum absolute atomic E-state index is 0.503. The molecule has 0 heterocycles. The Bertz CT molecular complexity index is 539. The van der Waals surface area contributed by atoms with E-state index < -0.39 is 10.8 Å². The molecule has 0 aromatic heterocycles. The van der Waals surface area contributed by atoms with Crippen LogP contribution in [0.5, 0.6) is 0 Å². The predicted molar refractivity (Wildman–Crippen MR) is 75.1 cm³/mol. The van der Waals surface area contributed by atoms with Gasteiger partial charge in [0.1, 0.15) is 0 Å². The summed E-state index contributed by atoms with van der Waals surface area (Å²) in [5.41, 5.74) is 7.35. The van der Waals surface area contributed by atoms with Gasteiger partial charge in [0.2, 0.25) is 0 Å². The second-order valence-electron chi connectivity index (χ2n) is 3.66. The third-order valence-electron chi connectivity index (χ3n) is 2.36. The molecule has 1 unspecified atom stereocenters. The molecule has 0 aliphatic heterocycles. The molecule has 0 saturated heterocycles. The molecule has 0 spiro atoms. The van der Waals surface area contributed by atoms with Crippen molar-refractivity contribution in [2.75, 3.05) is 5.73 Å². The van der Waals surface area contributed by atoms with E-state index in [9.17, 15) is 4.21 Å². The molecule has 2 aromatic rings. The Hall–Kier alpha value is -1.13. The maximum absolute atomic E-state index is 12.2. The number of rotatable bonds is 3. The van der Waals surface area contributed by atoms with E-state index in [-0.39, 0.29) is 0 Å². The molecule has 2 rings (SSSR count). The summed E-state index contributed by atoms with van der Waals surface area (Å²) in [6.07, 6.45) is 0. The van der Waals surface area contributed by atoms with Gasteiger partial charge in [-0.05, 0) is 45.8 Å². The van der Waals surface area contributed by atoms with Crippen LogP contribution in [-0.2, 0) is 16.6 Å². The first kappa shape index (κ1) is 12.3. The summed E-state index contributed by atoms with van der Waals surface area (Å²) in [6, 6.07) is 15.0. The molecule has 88 valence electrons. The molecule has 2 N–H and O–H groups in total. The highest BCUT2D eigenvalue weighted by atomic mass is 79.9. The average Bonchev–Trinajstić information content (AvgIpc) is 2.32. The Balaban J connectivity index is 2.17. The monoisotopic (exact) mass is 309 g/mol. The second-order valence-corrected chi connectivity index (χ2v) is 5.94. The van der Waals surface area contributed by atoms with Crippen LogP contribution in [0.25, 0.3) is 0 Å². The van der Waals surface area contributed by atoms with E-state index in [4.69, 9.17) is 5.73 Å². The third kappa shape index (κ3) is 3.17. The van der Waals surface area contributed by atoms with E-state index in [1.165, 1.54) is 0 Å². The number of halogens is 1. The van der Waals surface area contributed by atoms with E-state index in [1.54, 1.807) is 0 Å². The van der Waals surface area contributed by atoms with Gasteiger partial charge >= 0.3 is 0 Å². The Labute approximate surface area is 111 Å². The molecule has 0 saturated carbocycles. The fourth-order valence-electron chi connectivity index (χ4n) is 1.47. The Kier molecular flexibility index (Phi) is 3.97. The van der Waals surface area contributed by atoms with Crippen molar-refractivity contribution in [2.45, 2.75) is 10.6 Å². The number of benzene rings is 2. The Morgan fingerprint density at radius 2 is 1.71 bits per heavy atom. The van der Waals surface area contributed by atoms with Gasteiger partial charge in [-0.2, -0.15) is 0 Å². The van der Waals surface area contributed by atoms with Gasteiger partial charge in [0.15, 0.2) is 0 Å². The van der Waals surface area contributed by atoms with Crippen molar-refractivity contribution < 1.29 is 4.21 Å². The van der Waals surface area contributed by atoms with Gasteiger partial charge in [-0.3, -0.25) is 4.21 Å². The van der Waals surface area contributed by atoms with Crippen molar-refractivity contribution in [1.29, 1.82) is 0 Å². The molecule has 0 aliphatic carbocycles. The summed E-state index contributed by atoms with van der Waals surface area (Å²) in [5, 5.41) is 0. The first-order valence-corrected chi connectivity index (χ1v) is 7.25. The van der Waals surface area contributed by atoms with E-state index in [0.29, 0.717) is 5.75 Å². The van der Waals surface area contributed by atoms with Gasteiger partial charge < -0.3 is 5.73 Å². The van der Waals surface area contributed by atoms with Gasteiger partial charge in [0.05, 0.1) is 21.4 Å². The normalized spacial score (nSPS) is 12.3. The first-order chi connectivity index (χ1) is 8.16. The van der Waals surface area contributed by atoms with Gasteiger partial charge in [0, 0.05) is 10.2 Å². The van der Waals surface area contributed by atoms with Crippen LogP contribution in [0, 0.1) is 0 Å². The van der Waals surface area contributed by atoms with Crippen LogP contribution >= 0.6 is 15.9 Å². The molecule has 0 amide bonds. The molecule has 2 aromatic carbocycles. The number of anilines is 1. The van der Waals surface area contributed by atoms with Crippen LogP contribution in [0.2, 0.25) is 0 Å². The lowest BCUT2D eigenvalue weighted by Gasteiger charge is -2.05. The molecule has 0 radical (unpaired) electrons. The fraction of sp³-hybridized carbons (Fsp3) is 0.0769. The second kappa shape index (κ2) is 5.47. The van der Waals surface area contributed by atoms with Crippen molar-refractivity contribution in [3.8, 4) is 0 Å². The van der Waals surface area contributed by atoms with Crippen molar-refractivity contribution in [3.63, 3.8) is 0 Å². The zero-order valence-corrected chi connectivity index (χ0v) is 11.5. The van der Waals surface area contributed by atoms with Crippen LogP contribution < -0.4 is 5.73 Å². The third-order valence-corrected chi connectivity index (χ3v) is 4.76. The molecule has 2 nitrogen and oxygen atoms in total. The van der Waals surface area contributed by atoms with Crippen molar-refractivity contribution >= 4 is 32.4 Å². The summed E-state index contributed by atoms with van der Waals surface area (Å²) < 4.78 is 13.1. The van der Waals surface area contributed by atoms with Crippen LogP contribution in [0.1, 0.15) is 5.56 Å². The number of nitrogens with two attached hydrogens (primary N) is 1. The molecule has 17 heavy (non-hydrogen) atoms. The summed E-state index contributed by atoms with van der Waals surface area (Å²) >= 11 is 3.41. The molecular formula is C13H12BrNOS. The number of hydrogen-bond donors (Lipinski definition) is 1.